The van der Waals surface area contributed by atoms with Gasteiger partial charge in [-0.25, -0.2) is 0 Å². The number of benzene rings is 2. The summed E-state index contributed by atoms with van der Waals surface area (Å²) in [6.07, 6.45) is 6.23. The molecule has 0 amide bonds. The molecule has 2 aromatic rings. The van der Waals surface area contributed by atoms with Crippen molar-refractivity contribution in [1.29, 1.82) is 0 Å². The second kappa shape index (κ2) is 9.12. The molecule has 0 fully saturated rings. The molecule has 0 spiro atoms. The van der Waals surface area contributed by atoms with Crippen LogP contribution in [0.2, 0.25) is 0 Å². The molecule has 2 rings (SSSR count). The summed E-state index contributed by atoms with van der Waals surface area (Å²) in [6.45, 7) is 13.0. The smallest absolute Gasteiger partial charge is 0.0237 e. The van der Waals surface area contributed by atoms with Crippen LogP contribution in [0.5, 0.6) is 0 Å². The molecule has 0 heterocycles. The molecule has 0 radical (unpaired) electrons. The Morgan fingerprint density at radius 3 is 1.57 bits per heavy atom. The fourth-order valence-electron chi connectivity index (χ4n) is 2.63. The Morgan fingerprint density at radius 1 is 0.783 bits per heavy atom. The van der Waals surface area contributed by atoms with Crippen LogP contribution in [0.4, 0.5) is 0 Å². The van der Waals surface area contributed by atoms with E-state index in [4.69, 9.17) is 0 Å². The van der Waals surface area contributed by atoms with Crippen LogP contribution < -0.4 is 0 Å². The van der Waals surface area contributed by atoms with E-state index in [9.17, 15) is 0 Å². The average Bonchev–Trinajstić information content (AvgIpc) is 2.61. The highest BCUT2D eigenvalue weighted by atomic mass is 15.1. The number of unbranched alkanes of at least 4 members (excludes halogenated alkanes) is 1. The van der Waals surface area contributed by atoms with E-state index in [0.29, 0.717) is 0 Å². The first kappa shape index (κ1) is 17.2. The van der Waals surface area contributed by atoms with Crippen LogP contribution in [0.15, 0.2) is 61.7 Å². The Balaban J connectivity index is 2.04. The summed E-state index contributed by atoms with van der Waals surface area (Å²) in [5.74, 6) is 0. The molecular formula is C22H27N. The molecule has 0 saturated carbocycles. The predicted molar refractivity (Wildman–Crippen MR) is 102 cm³/mol. The summed E-state index contributed by atoms with van der Waals surface area (Å²) in [5, 5.41) is 0. The maximum Gasteiger partial charge on any atom is 0.0237 e. The van der Waals surface area contributed by atoms with Crippen LogP contribution >= 0.6 is 0 Å². The first-order chi connectivity index (χ1) is 11.2. The molecule has 0 N–H and O–H groups in total. The first-order valence-electron chi connectivity index (χ1n) is 8.40. The monoisotopic (exact) mass is 305 g/mol. The van der Waals surface area contributed by atoms with Crippen LogP contribution in [0.3, 0.4) is 0 Å². The zero-order valence-corrected chi connectivity index (χ0v) is 14.2. The molecule has 1 heteroatoms. The van der Waals surface area contributed by atoms with Gasteiger partial charge in [-0.05, 0) is 35.2 Å². The quantitative estimate of drug-likeness (QED) is 0.568. The van der Waals surface area contributed by atoms with Crippen LogP contribution in [0.1, 0.15) is 42.0 Å². The van der Waals surface area contributed by atoms with E-state index >= 15 is 0 Å². The normalized spacial score (nSPS) is 10.7. The fourth-order valence-corrected chi connectivity index (χ4v) is 2.63. The molecule has 0 saturated heterocycles. The Hall–Kier alpha value is -2.12. The van der Waals surface area contributed by atoms with Crippen molar-refractivity contribution < 1.29 is 0 Å². The van der Waals surface area contributed by atoms with Crippen molar-refractivity contribution in [3.63, 3.8) is 0 Å². The van der Waals surface area contributed by atoms with E-state index in [2.05, 4.69) is 73.5 Å². The first-order valence-corrected chi connectivity index (χ1v) is 8.40. The van der Waals surface area contributed by atoms with E-state index in [-0.39, 0.29) is 0 Å². The summed E-state index contributed by atoms with van der Waals surface area (Å²) < 4.78 is 0. The summed E-state index contributed by atoms with van der Waals surface area (Å²) in [4.78, 5) is 2.52. The fraction of sp³-hybridized carbons (Fsp3) is 0.273. The van der Waals surface area contributed by atoms with Crippen LogP contribution in [0, 0.1) is 0 Å². The lowest BCUT2D eigenvalue weighted by molar-refractivity contribution is 0.252. The van der Waals surface area contributed by atoms with E-state index in [0.717, 1.165) is 19.6 Å². The highest BCUT2D eigenvalue weighted by Crippen LogP contribution is 2.14. The minimum atomic E-state index is 0.987. The number of hydrogen-bond acceptors (Lipinski definition) is 1. The molecule has 120 valence electrons. The lowest BCUT2D eigenvalue weighted by Crippen LogP contribution is -2.24. The SMILES string of the molecule is C=Cc1ccc(CN(CCCC)Cc2ccc(C=C)cc2)cc1. The van der Waals surface area contributed by atoms with Gasteiger partial charge in [-0.1, -0.05) is 87.2 Å². The zero-order chi connectivity index (χ0) is 16.5. The second-order valence-corrected chi connectivity index (χ2v) is 5.96. The molecule has 0 aliphatic heterocycles. The summed E-state index contributed by atoms with van der Waals surface area (Å²) >= 11 is 0. The third-order valence-corrected chi connectivity index (χ3v) is 4.07. The van der Waals surface area contributed by atoms with E-state index in [1.807, 2.05) is 12.2 Å². The largest absolute Gasteiger partial charge is 0.295 e. The third kappa shape index (κ3) is 5.54. The topological polar surface area (TPSA) is 3.24 Å². The Kier molecular flexibility index (Phi) is 6.83. The molecule has 0 aliphatic carbocycles. The van der Waals surface area contributed by atoms with E-state index in [1.54, 1.807) is 0 Å². The molecule has 0 aliphatic rings. The van der Waals surface area contributed by atoms with Crippen LogP contribution in [0.25, 0.3) is 12.2 Å². The Morgan fingerprint density at radius 2 is 1.22 bits per heavy atom. The molecule has 0 aromatic heterocycles. The van der Waals surface area contributed by atoms with Crippen molar-refractivity contribution in [2.75, 3.05) is 6.54 Å². The third-order valence-electron chi connectivity index (χ3n) is 4.07. The zero-order valence-electron chi connectivity index (χ0n) is 14.2. The lowest BCUT2D eigenvalue weighted by Gasteiger charge is -2.22. The molecule has 0 atom stereocenters. The number of hydrogen-bond donors (Lipinski definition) is 0. The number of nitrogens with zero attached hydrogens (tertiary/aromatic N) is 1. The van der Waals surface area contributed by atoms with Gasteiger partial charge in [0.2, 0.25) is 0 Å². The van der Waals surface area contributed by atoms with Gasteiger partial charge >= 0.3 is 0 Å². The van der Waals surface area contributed by atoms with Crippen molar-refractivity contribution in [3.05, 3.63) is 83.9 Å². The van der Waals surface area contributed by atoms with Crippen LogP contribution in [-0.4, -0.2) is 11.4 Å². The van der Waals surface area contributed by atoms with Gasteiger partial charge in [0.25, 0.3) is 0 Å². The molecular weight excluding hydrogens is 278 g/mol. The molecule has 1 nitrogen and oxygen atoms in total. The van der Waals surface area contributed by atoms with Gasteiger partial charge in [0.1, 0.15) is 0 Å². The minimum absolute atomic E-state index is 0.987. The van der Waals surface area contributed by atoms with Gasteiger partial charge in [-0.2, -0.15) is 0 Å². The van der Waals surface area contributed by atoms with Crippen molar-refractivity contribution in [2.24, 2.45) is 0 Å². The number of rotatable bonds is 9. The maximum atomic E-state index is 3.81. The maximum absolute atomic E-state index is 3.81. The van der Waals surface area contributed by atoms with Gasteiger partial charge in [-0.15, -0.1) is 0 Å². The molecule has 0 bridgehead atoms. The minimum Gasteiger partial charge on any atom is -0.295 e. The van der Waals surface area contributed by atoms with Crippen molar-refractivity contribution >= 4 is 12.2 Å². The van der Waals surface area contributed by atoms with Crippen molar-refractivity contribution in [1.82, 2.24) is 4.90 Å². The summed E-state index contributed by atoms with van der Waals surface area (Å²) in [7, 11) is 0. The van der Waals surface area contributed by atoms with Gasteiger partial charge in [0.05, 0.1) is 0 Å². The lowest BCUT2D eigenvalue weighted by atomic mass is 10.1. The Labute approximate surface area is 141 Å². The second-order valence-electron chi connectivity index (χ2n) is 5.96. The molecule has 0 unspecified atom stereocenters. The van der Waals surface area contributed by atoms with Gasteiger partial charge in [0, 0.05) is 13.1 Å². The van der Waals surface area contributed by atoms with Gasteiger partial charge in [-0.3, -0.25) is 4.90 Å². The van der Waals surface area contributed by atoms with E-state index < -0.39 is 0 Å². The predicted octanol–water partition coefficient (Wildman–Crippen LogP) is 5.77. The van der Waals surface area contributed by atoms with Crippen molar-refractivity contribution in [3.8, 4) is 0 Å². The highest BCUT2D eigenvalue weighted by molar-refractivity contribution is 5.47. The van der Waals surface area contributed by atoms with E-state index in [1.165, 1.54) is 35.1 Å². The molecule has 2 aromatic carbocycles. The summed E-state index contributed by atoms with van der Waals surface area (Å²) in [5.41, 5.74) is 5.06. The van der Waals surface area contributed by atoms with Crippen molar-refractivity contribution in [2.45, 2.75) is 32.9 Å². The average molecular weight is 305 g/mol. The standard InChI is InChI=1S/C22H27N/c1-4-7-16-23(17-21-12-8-19(5-2)9-13-21)18-22-14-10-20(6-3)11-15-22/h5-6,8-15H,2-4,7,16-18H2,1H3. The van der Waals surface area contributed by atoms with Gasteiger partial charge in [0.15, 0.2) is 0 Å². The van der Waals surface area contributed by atoms with Gasteiger partial charge < -0.3 is 0 Å². The van der Waals surface area contributed by atoms with Crippen LogP contribution in [-0.2, 0) is 13.1 Å². The molecule has 23 heavy (non-hydrogen) atoms. The highest BCUT2D eigenvalue weighted by Gasteiger charge is 2.07. The Bertz CT molecular complexity index is 554. The summed E-state index contributed by atoms with van der Waals surface area (Å²) in [6, 6.07) is 17.4.